The molecule has 5 heteroatoms. The summed E-state index contributed by atoms with van der Waals surface area (Å²) in [5.41, 5.74) is 3.42. The number of hydrogen-bond donors (Lipinski definition) is 1. The van der Waals surface area contributed by atoms with Crippen molar-refractivity contribution in [3.8, 4) is 11.4 Å². The third-order valence-corrected chi connectivity index (χ3v) is 4.95. The quantitative estimate of drug-likeness (QED) is 0.769. The van der Waals surface area contributed by atoms with Crippen LogP contribution in [-0.2, 0) is 6.54 Å². The number of nitrogens with one attached hydrogen (secondary N) is 1. The van der Waals surface area contributed by atoms with Crippen LogP contribution in [0.25, 0.3) is 11.4 Å². The van der Waals surface area contributed by atoms with Gasteiger partial charge in [0.15, 0.2) is 0 Å². The molecule has 0 amide bonds. The highest BCUT2D eigenvalue weighted by molar-refractivity contribution is 6.33. The number of imidazole rings is 1. The maximum absolute atomic E-state index is 6.32. The van der Waals surface area contributed by atoms with Crippen molar-refractivity contribution in [2.24, 2.45) is 0 Å². The molecule has 1 aromatic heterocycles. The molecule has 4 nitrogen and oxygen atoms in total. The van der Waals surface area contributed by atoms with E-state index in [0.29, 0.717) is 0 Å². The molecule has 0 aliphatic carbocycles. The molecule has 0 atom stereocenters. The van der Waals surface area contributed by atoms with E-state index in [4.69, 9.17) is 11.6 Å². The normalized spacial score (nSPS) is 15.5. The lowest BCUT2D eigenvalue weighted by atomic mass is 10.2. The van der Waals surface area contributed by atoms with Gasteiger partial charge in [-0.15, -0.1) is 0 Å². The molecule has 1 fully saturated rings. The van der Waals surface area contributed by atoms with Crippen molar-refractivity contribution >= 4 is 17.3 Å². The SMILES string of the molecule is Clc1ccccc1N1CCN(Cc2cnc(-c3ccccc3)[nH]2)CC1. The molecule has 3 aromatic rings. The lowest BCUT2D eigenvalue weighted by Crippen LogP contribution is -2.46. The first-order valence-corrected chi connectivity index (χ1v) is 8.98. The molecule has 0 spiro atoms. The number of anilines is 1. The summed E-state index contributed by atoms with van der Waals surface area (Å²) in [6.45, 7) is 4.92. The Morgan fingerprint density at radius 3 is 2.40 bits per heavy atom. The van der Waals surface area contributed by atoms with Crippen LogP contribution in [0.4, 0.5) is 5.69 Å². The Morgan fingerprint density at radius 1 is 0.920 bits per heavy atom. The van der Waals surface area contributed by atoms with Crippen LogP contribution in [0.15, 0.2) is 60.8 Å². The molecule has 0 bridgehead atoms. The van der Waals surface area contributed by atoms with Crippen molar-refractivity contribution in [1.29, 1.82) is 0 Å². The highest BCUT2D eigenvalue weighted by atomic mass is 35.5. The maximum Gasteiger partial charge on any atom is 0.137 e. The average molecular weight is 353 g/mol. The Labute approximate surface area is 153 Å². The lowest BCUT2D eigenvalue weighted by Gasteiger charge is -2.36. The van der Waals surface area contributed by atoms with E-state index in [1.165, 1.54) is 0 Å². The van der Waals surface area contributed by atoms with Crippen molar-refractivity contribution < 1.29 is 0 Å². The number of aromatic nitrogens is 2. The summed E-state index contributed by atoms with van der Waals surface area (Å²) in [6.07, 6.45) is 1.95. The minimum atomic E-state index is 0.831. The van der Waals surface area contributed by atoms with E-state index in [1.807, 2.05) is 42.6 Å². The van der Waals surface area contributed by atoms with Gasteiger partial charge < -0.3 is 9.88 Å². The Bertz CT molecular complexity index is 822. The van der Waals surface area contributed by atoms with Crippen molar-refractivity contribution in [3.05, 3.63) is 71.5 Å². The van der Waals surface area contributed by atoms with Crippen LogP contribution in [0.3, 0.4) is 0 Å². The summed E-state index contributed by atoms with van der Waals surface area (Å²) in [7, 11) is 0. The van der Waals surface area contributed by atoms with Crippen LogP contribution < -0.4 is 4.90 Å². The molecule has 0 unspecified atom stereocenters. The summed E-state index contributed by atoms with van der Waals surface area (Å²) in [5.74, 6) is 0.935. The summed E-state index contributed by atoms with van der Waals surface area (Å²) >= 11 is 6.32. The van der Waals surface area contributed by atoms with Gasteiger partial charge in [-0.2, -0.15) is 0 Å². The number of hydrogen-bond acceptors (Lipinski definition) is 3. The van der Waals surface area contributed by atoms with Gasteiger partial charge in [0.05, 0.1) is 10.7 Å². The fourth-order valence-electron chi connectivity index (χ4n) is 3.28. The second-order valence-electron chi connectivity index (χ2n) is 6.34. The van der Waals surface area contributed by atoms with Crippen molar-refractivity contribution in [2.75, 3.05) is 31.1 Å². The highest BCUT2D eigenvalue weighted by Crippen LogP contribution is 2.26. The predicted octanol–water partition coefficient (Wildman–Crippen LogP) is 4.05. The van der Waals surface area contributed by atoms with E-state index in [1.54, 1.807) is 0 Å². The molecule has 128 valence electrons. The Hall–Kier alpha value is -2.30. The Kier molecular flexibility index (Phi) is 4.72. The molecular weight excluding hydrogens is 332 g/mol. The van der Waals surface area contributed by atoms with Crippen LogP contribution in [0.2, 0.25) is 5.02 Å². The van der Waals surface area contributed by atoms with E-state index in [-0.39, 0.29) is 0 Å². The number of H-pyrrole nitrogens is 1. The highest BCUT2D eigenvalue weighted by Gasteiger charge is 2.19. The van der Waals surface area contributed by atoms with Gasteiger partial charge >= 0.3 is 0 Å². The smallest absolute Gasteiger partial charge is 0.137 e. The number of halogens is 1. The third-order valence-electron chi connectivity index (χ3n) is 4.64. The van der Waals surface area contributed by atoms with Gasteiger partial charge in [0, 0.05) is 50.2 Å². The van der Waals surface area contributed by atoms with E-state index in [2.05, 4.69) is 38.0 Å². The molecule has 1 aliphatic rings. The molecule has 1 N–H and O–H groups in total. The summed E-state index contributed by atoms with van der Waals surface area (Å²) in [6, 6.07) is 18.3. The molecule has 0 radical (unpaired) electrons. The topological polar surface area (TPSA) is 35.2 Å². The summed E-state index contributed by atoms with van der Waals surface area (Å²) < 4.78 is 0. The first-order valence-electron chi connectivity index (χ1n) is 8.61. The van der Waals surface area contributed by atoms with Crippen molar-refractivity contribution in [3.63, 3.8) is 0 Å². The monoisotopic (exact) mass is 352 g/mol. The van der Waals surface area contributed by atoms with Crippen LogP contribution in [-0.4, -0.2) is 41.0 Å². The lowest BCUT2D eigenvalue weighted by molar-refractivity contribution is 0.247. The van der Waals surface area contributed by atoms with E-state index < -0.39 is 0 Å². The van der Waals surface area contributed by atoms with Crippen LogP contribution in [0.1, 0.15) is 5.69 Å². The molecule has 0 saturated carbocycles. The largest absolute Gasteiger partial charge is 0.368 e. The van der Waals surface area contributed by atoms with E-state index in [9.17, 15) is 0 Å². The van der Waals surface area contributed by atoms with Crippen LogP contribution >= 0.6 is 11.6 Å². The van der Waals surface area contributed by atoms with Gasteiger partial charge in [-0.25, -0.2) is 4.98 Å². The third kappa shape index (κ3) is 3.70. The first kappa shape index (κ1) is 16.2. The van der Waals surface area contributed by atoms with Gasteiger partial charge in [0.2, 0.25) is 0 Å². The van der Waals surface area contributed by atoms with E-state index in [0.717, 1.165) is 60.5 Å². The summed E-state index contributed by atoms with van der Waals surface area (Å²) in [4.78, 5) is 12.8. The van der Waals surface area contributed by atoms with Crippen LogP contribution in [0, 0.1) is 0 Å². The number of para-hydroxylation sites is 1. The molecular formula is C20H21ClN4. The fourth-order valence-corrected chi connectivity index (χ4v) is 3.53. The van der Waals surface area contributed by atoms with Gasteiger partial charge in [-0.1, -0.05) is 54.1 Å². The number of nitrogens with zero attached hydrogens (tertiary/aromatic N) is 3. The Balaban J connectivity index is 1.36. The van der Waals surface area contributed by atoms with Crippen molar-refractivity contribution in [2.45, 2.75) is 6.54 Å². The minimum absolute atomic E-state index is 0.831. The maximum atomic E-state index is 6.32. The van der Waals surface area contributed by atoms with Gasteiger partial charge in [-0.05, 0) is 12.1 Å². The summed E-state index contributed by atoms with van der Waals surface area (Å²) in [5, 5.41) is 0.831. The fraction of sp³-hybridized carbons (Fsp3) is 0.250. The minimum Gasteiger partial charge on any atom is -0.368 e. The number of aromatic amines is 1. The van der Waals surface area contributed by atoms with Gasteiger partial charge in [0.1, 0.15) is 5.82 Å². The van der Waals surface area contributed by atoms with Gasteiger partial charge in [-0.3, -0.25) is 4.90 Å². The second kappa shape index (κ2) is 7.30. The second-order valence-corrected chi connectivity index (χ2v) is 6.74. The zero-order valence-corrected chi connectivity index (χ0v) is 14.8. The standard InChI is InChI=1S/C20H21ClN4/c21-18-8-4-5-9-19(18)25-12-10-24(11-13-25)15-17-14-22-20(23-17)16-6-2-1-3-7-16/h1-9,14H,10-13,15H2,(H,22,23). The molecule has 25 heavy (non-hydrogen) atoms. The first-order chi connectivity index (χ1) is 12.3. The zero-order valence-electron chi connectivity index (χ0n) is 14.0. The van der Waals surface area contributed by atoms with E-state index >= 15 is 0 Å². The Morgan fingerprint density at radius 2 is 1.64 bits per heavy atom. The molecule has 2 aromatic carbocycles. The number of benzene rings is 2. The number of piperazine rings is 1. The number of rotatable bonds is 4. The van der Waals surface area contributed by atoms with Crippen molar-refractivity contribution in [1.82, 2.24) is 14.9 Å². The molecule has 1 saturated heterocycles. The average Bonchev–Trinajstić information content (AvgIpc) is 3.12. The molecule has 2 heterocycles. The predicted molar refractivity (Wildman–Crippen MR) is 103 cm³/mol. The molecule has 4 rings (SSSR count). The van der Waals surface area contributed by atoms with Crippen LogP contribution in [0.5, 0.6) is 0 Å². The van der Waals surface area contributed by atoms with Gasteiger partial charge in [0.25, 0.3) is 0 Å². The molecule has 1 aliphatic heterocycles. The zero-order chi connectivity index (χ0) is 17.1.